The minimum absolute atomic E-state index is 0.0821. The highest BCUT2D eigenvalue weighted by atomic mass is 35.5. The number of sulfonamides is 1. The summed E-state index contributed by atoms with van der Waals surface area (Å²) in [5.41, 5.74) is 1.79. The predicted molar refractivity (Wildman–Crippen MR) is 116 cm³/mol. The largest absolute Gasteiger partial charge is 0.436 e. The van der Waals surface area contributed by atoms with Gasteiger partial charge in [0.15, 0.2) is 17.0 Å². The second kappa shape index (κ2) is 8.27. The number of nitrogens with zero attached hydrogens (tertiary/aromatic N) is 2. The summed E-state index contributed by atoms with van der Waals surface area (Å²) in [6, 6.07) is 11.0. The molecular formula is C19H13ClN4O4S2. The summed E-state index contributed by atoms with van der Waals surface area (Å²) in [5, 5.41) is 5.40. The van der Waals surface area contributed by atoms with Crippen molar-refractivity contribution in [2.24, 2.45) is 0 Å². The second-order valence-electron chi connectivity index (χ2n) is 5.96. The predicted octanol–water partition coefficient (Wildman–Crippen LogP) is 4.39. The molecule has 0 saturated heterocycles. The van der Waals surface area contributed by atoms with Crippen molar-refractivity contribution < 1.29 is 17.6 Å². The van der Waals surface area contributed by atoms with Crippen LogP contribution in [-0.4, -0.2) is 24.7 Å². The van der Waals surface area contributed by atoms with Gasteiger partial charge in [-0.1, -0.05) is 11.6 Å². The van der Waals surface area contributed by atoms with Gasteiger partial charge in [0.05, 0.1) is 10.5 Å². The van der Waals surface area contributed by atoms with E-state index in [1.807, 2.05) is 0 Å². The monoisotopic (exact) mass is 460 g/mol. The molecule has 0 fully saturated rings. The Morgan fingerprint density at radius 3 is 2.67 bits per heavy atom. The minimum Gasteiger partial charge on any atom is -0.436 e. The van der Waals surface area contributed by atoms with Crippen molar-refractivity contribution in [2.45, 2.75) is 4.90 Å². The zero-order chi connectivity index (χ0) is 21.1. The van der Waals surface area contributed by atoms with Crippen molar-refractivity contribution in [3.8, 4) is 0 Å². The van der Waals surface area contributed by atoms with Crippen molar-refractivity contribution in [2.75, 3.05) is 10.0 Å². The van der Waals surface area contributed by atoms with Crippen LogP contribution in [-0.2, 0) is 14.8 Å². The molecule has 152 valence electrons. The number of anilines is 2. The Labute approximate surface area is 180 Å². The number of aromatic nitrogens is 2. The summed E-state index contributed by atoms with van der Waals surface area (Å²) in [7, 11) is -3.73. The number of halogens is 1. The van der Waals surface area contributed by atoms with E-state index in [4.69, 9.17) is 16.0 Å². The lowest BCUT2D eigenvalue weighted by molar-refractivity contribution is -0.103. The first kappa shape index (κ1) is 20.1. The smallest absolute Gasteiger partial charge is 0.263 e. The molecule has 0 saturated carbocycles. The normalized spacial score (nSPS) is 12.1. The third kappa shape index (κ3) is 4.35. The summed E-state index contributed by atoms with van der Waals surface area (Å²) >= 11 is 7.12. The number of carbonyl (C=O) groups is 1. The van der Waals surface area contributed by atoms with Crippen LogP contribution in [0.3, 0.4) is 0 Å². The average molecular weight is 461 g/mol. The quantitative estimate of drug-likeness (QED) is 0.310. The molecule has 2 aromatic heterocycles. The van der Waals surface area contributed by atoms with E-state index < -0.39 is 10.0 Å². The molecule has 2 N–H and O–H groups in total. The molecule has 0 aliphatic carbocycles. The van der Waals surface area contributed by atoms with Gasteiger partial charge in [0, 0.05) is 28.5 Å². The number of thiazole rings is 1. The van der Waals surface area contributed by atoms with Crippen LogP contribution in [0.5, 0.6) is 0 Å². The summed E-state index contributed by atoms with van der Waals surface area (Å²) in [6.07, 6.45) is 3.55. The maximum absolute atomic E-state index is 12.4. The topological polar surface area (TPSA) is 114 Å². The Bertz CT molecular complexity index is 1330. The van der Waals surface area contributed by atoms with Gasteiger partial charge in [0.1, 0.15) is 5.52 Å². The van der Waals surface area contributed by atoms with E-state index in [0.717, 1.165) is 0 Å². The third-order valence-electron chi connectivity index (χ3n) is 3.94. The second-order valence-corrected chi connectivity index (χ2v) is 8.97. The lowest BCUT2D eigenvalue weighted by atomic mass is 10.3. The molecule has 11 heteroatoms. The van der Waals surface area contributed by atoms with Crippen LogP contribution in [0.15, 0.2) is 69.6 Å². The van der Waals surface area contributed by atoms with Gasteiger partial charge in [-0.05, 0) is 42.5 Å². The van der Waals surface area contributed by atoms with E-state index in [1.54, 1.807) is 35.7 Å². The average Bonchev–Trinajstić information content (AvgIpc) is 3.38. The molecule has 4 rings (SSSR count). The molecule has 0 spiro atoms. The number of fused-ring (bicyclic) bond motifs is 1. The Balaban J connectivity index is 1.51. The Morgan fingerprint density at radius 2 is 1.97 bits per heavy atom. The summed E-state index contributed by atoms with van der Waals surface area (Å²) in [4.78, 5) is 19.7. The molecule has 0 aliphatic rings. The molecule has 0 atom stereocenters. The van der Waals surface area contributed by atoms with Gasteiger partial charge in [-0.2, -0.15) is 0 Å². The van der Waals surface area contributed by atoms with Gasteiger partial charge in [0.25, 0.3) is 10.0 Å². The van der Waals surface area contributed by atoms with E-state index in [1.165, 1.54) is 35.9 Å². The Kier molecular flexibility index (Phi) is 5.53. The summed E-state index contributed by atoms with van der Waals surface area (Å²) in [6.45, 7) is 0. The minimum atomic E-state index is -3.73. The van der Waals surface area contributed by atoms with Gasteiger partial charge in [-0.15, -0.1) is 11.3 Å². The fourth-order valence-corrected chi connectivity index (χ4v) is 4.46. The van der Waals surface area contributed by atoms with Crippen LogP contribution in [0.4, 0.5) is 10.8 Å². The van der Waals surface area contributed by atoms with Gasteiger partial charge in [-0.3, -0.25) is 9.52 Å². The van der Waals surface area contributed by atoms with Gasteiger partial charge < -0.3 is 9.73 Å². The van der Waals surface area contributed by atoms with Crippen molar-refractivity contribution >= 4 is 66.7 Å². The van der Waals surface area contributed by atoms with E-state index in [2.05, 4.69) is 20.0 Å². The first-order valence-electron chi connectivity index (χ1n) is 8.45. The summed E-state index contributed by atoms with van der Waals surface area (Å²) in [5.74, 6) is 0.140. The van der Waals surface area contributed by atoms with Crippen molar-refractivity contribution in [1.82, 2.24) is 9.97 Å². The van der Waals surface area contributed by atoms with E-state index in [0.29, 0.717) is 28.1 Å². The first-order chi connectivity index (χ1) is 14.4. The molecule has 0 amide bonds. The molecule has 0 unspecified atom stereocenters. The highest BCUT2D eigenvalue weighted by Gasteiger charge is 2.15. The molecule has 30 heavy (non-hydrogen) atoms. The van der Waals surface area contributed by atoms with E-state index >= 15 is 0 Å². The van der Waals surface area contributed by atoms with Gasteiger partial charge in [-0.25, -0.2) is 18.4 Å². The number of aldehydes is 1. The Hall–Kier alpha value is -3.21. The fraction of sp³-hybridized carbons (Fsp3) is 0. The van der Waals surface area contributed by atoms with E-state index in [-0.39, 0.29) is 21.5 Å². The number of carbonyl (C=O) groups excluding carboxylic acids is 1. The highest BCUT2D eigenvalue weighted by Crippen LogP contribution is 2.24. The Morgan fingerprint density at radius 1 is 1.17 bits per heavy atom. The van der Waals surface area contributed by atoms with Crippen LogP contribution in [0.2, 0.25) is 5.02 Å². The number of nitrogens with one attached hydrogen (secondary N) is 2. The SMILES string of the molecule is O=CC(=CNc1ccc(S(=O)(=O)Nc2nccs2)cc1)c1nc2cc(Cl)ccc2o1. The van der Waals surface area contributed by atoms with Crippen LogP contribution < -0.4 is 10.0 Å². The number of oxazole rings is 1. The molecular weight excluding hydrogens is 448 g/mol. The van der Waals surface area contributed by atoms with Crippen LogP contribution >= 0.6 is 22.9 Å². The highest BCUT2D eigenvalue weighted by molar-refractivity contribution is 7.93. The number of rotatable bonds is 7. The lowest BCUT2D eigenvalue weighted by Crippen LogP contribution is -2.12. The van der Waals surface area contributed by atoms with E-state index in [9.17, 15) is 13.2 Å². The molecule has 2 aromatic carbocycles. The number of allylic oxidation sites excluding steroid dienone is 1. The third-order valence-corrected chi connectivity index (χ3v) is 6.34. The van der Waals surface area contributed by atoms with Crippen LogP contribution in [0, 0.1) is 0 Å². The van der Waals surface area contributed by atoms with Gasteiger partial charge in [0.2, 0.25) is 5.89 Å². The lowest BCUT2D eigenvalue weighted by Gasteiger charge is -2.06. The molecule has 2 heterocycles. The van der Waals surface area contributed by atoms with Crippen molar-refractivity contribution in [3.05, 3.63) is 71.2 Å². The molecule has 0 radical (unpaired) electrons. The molecule has 0 aliphatic heterocycles. The van der Waals surface area contributed by atoms with Crippen LogP contribution in [0.1, 0.15) is 5.89 Å². The number of hydrogen-bond donors (Lipinski definition) is 2. The van der Waals surface area contributed by atoms with Crippen molar-refractivity contribution in [1.29, 1.82) is 0 Å². The van der Waals surface area contributed by atoms with Gasteiger partial charge >= 0.3 is 0 Å². The maximum atomic E-state index is 12.4. The zero-order valence-electron chi connectivity index (χ0n) is 15.1. The maximum Gasteiger partial charge on any atom is 0.263 e. The van der Waals surface area contributed by atoms with Crippen molar-refractivity contribution in [3.63, 3.8) is 0 Å². The standard InChI is InChI=1S/C19H13ClN4O4S2/c20-13-1-6-17-16(9-13)23-18(28-17)12(11-25)10-22-14-2-4-15(5-3-14)30(26,27)24-19-21-7-8-29-19/h1-11,22H,(H,21,24). The first-order valence-corrected chi connectivity index (χ1v) is 11.2. The molecule has 8 nitrogen and oxygen atoms in total. The molecule has 0 bridgehead atoms. The van der Waals surface area contributed by atoms with Crippen LogP contribution in [0.25, 0.3) is 16.7 Å². The number of hydrogen-bond acceptors (Lipinski definition) is 8. The fourth-order valence-electron chi connectivity index (χ4n) is 2.51. The zero-order valence-corrected chi connectivity index (χ0v) is 17.5. The molecule has 4 aromatic rings. The summed E-state index contributed by atoms with van der Waals surface area (Å²) < 4.78 is 32.7. The number of benzene rings is 2.